The summed E-state index contributed by atoms with van der Waals surface area (Å²) in [5, 5.41) is 17.4. The molecule has 92 valence electrons. The fourth-order valence-corrected chi connectivity index (χ4v) is 2.41. The number of carboxylic acid groups (broad SMARTS) is 2. The molecule has 0 amide bonds. The average Bonchev–Trinajstić information content (AvgIpc) is 2.03. The zero-order valence-electron chi connectivity index (χ0n) is 7.66. The Hall–Kier alpha value is -0.0405. The van der Waals surface area contributed by atoms with Gasteiger partial charge in [-0.1, -0.05) is 0 Å². The predicted octanol–water partition coefficient (Wildman–Crippen LogP) is -0.805. The van der Waals surface area contributed by atoms with Gasteiger partial charge in [-0.15, -0.1) is 24.8 Å². The number of carbonyl (C=O) groups is 2. The van der Waals surface area contributed by atoms with Gasteiger partial charge in [0.15, 0.2) is 0 Å². The van der Waals surface area contributed by atoms with E-state index in [9.17, 15) is 9.59 Å². The normalized spacial score (nSPS) is 12.9. The Bertz CT molecular complexity index is 188. The third kappa shape index (κ3) is 10.2. The Morgan fingerprint density at radius 1 is 1.00 bits per heavy atom. The molecule has 0 aromatic heterocycles. The maximum absolute atomic E-state index is 10.2. The monoisotopic (exact) mass is 328 g/mol. The first-order valence-corrected chi connectivity index (χ1v) is 5.92. The summed E-state index contributed by atoms with van der Waals surface area (Å²) < 4.78 is 0. The van der Waals surface area contributed by atoms with Crippen molar-refractivity contribution in [2.45, 2.75) is 22.7 Å². The van der Waals surface area contributed by atoms with Gasteiger partial charge in [0.2, 0.25) is 0 Å². The number of carboxylic acids is 2. The molecular weight excluding hydrogens is 314 g/mol. The number of halogens is 2. The maximum atomic E-state index is 10.2. The molecule has 0 aliphatic carbocycles. The Morgan fingerprint density at radius 2 is 1.27 bits per heavy atom. The van der Waals surface area contributed by atoms with Crippen LogP contribution in [0.5, 0.6) is 0 Å². The molecule has 0 rings (SSSR count). The van der Waals surface area contributed by atoms with Gasteiger partial charge in [-0.3, -0.25) is 0 Å². The van der Waals surface area contributed by atoms with Crippen LogP contribution in [0.3, 0.4) is 0 Å². The Kier molecular flexibility index (Phi) is 14.2. The van der Waals surface area contributed by atoms with E-state index >= 15 is 0 Å². The van der Waals surface area contributed by atoms with Crippen LogP contribution in [0.25, 0.3) is 0 Å². The van der Waals surface area contributed by atoms with E-state index < -0.39 is 24.0 Å². The molecule has 0 unspecified atom stereocenters. The number of hydrogen-bond donors (Lipinski definition) is 4. The molecule has 9 heteroatoms. The van der Waals surface area contributed by atoms with Crippen LogP contribution < -0.4 is 11.5 Å². The first kappa shape index (κ1) is 20.4. The Balaban J connectivity index is -0.000000720. The molecule has 0 aliphatic heterocycles. The minimum absolute atomic E-state index is 0. The second-order valence-electron chi connectivity index (χ2n) is 2.43. The van der Waals surface area contributed by atoms with Crippen molar-refractivity contribution in [2.75, 3.05) is 0 Å². The Labute approximate surface area is 106 Å². The molecule has 0 heterocycles. The summed E-state index contributed by atoms with van der Waals surface area (Å²) in [6.45, 7) is 0. The van der Waals surface area contributed by atoms with E-state index in [4.69, 9.17) is 21.7 Å². The van der Waals surface area contributed by atoms with Gasteiger partial charge >= 0.3 is 80.9 Å². The van der Waals surface area contributed by atoms with Crippen LogP contribution in [-0.2, 0) is 9.59 Å². The van der Waals surface area contributed by atoms with Crippen LogP contribution in [-0.4, -0.2) is 49.2 Å². The summed E-state index contributed by atoms with van der Waals surface area (Å²) in [6.07, 6.45) is 0. The van der Waals surface area contributed by atoms with Crippen LogP contribution in [0.4, 0.5) is 0 Å². The van der Waals surface area contributed by atoms with Crippen LogP contribution >= 0.6 is 24.8 Å². The quantitative estimate of drug-likeness (QED) is 0.473. The van der Waals surface area contributed by atoms with E-state index in [-0.39, 0.29) is 39.8 Å². The Morgan fingerprint density at radius 3 is 1.47 bits per heavy atom. The van der Waals surface area contributed by atoms with E-state index in [0.717, 1.165) is 0 Å². The molecule has 0 saturated carbocycles. The van der Waals surface area contributed by atoms with Crippen LogP contribution in [0.1, 0.15) is 0 Å². The molecule has 0 aliphatic rings. The fourth-order valence-electron chi connectivity index (χ4n) is 0.465. The molecule has 0 aromatic carbocycles. The van der Waals surface area contributed by atoms with E-state index in [0.29, 0.717) is 10.6 Å². The van der Waals surface area contributed by atoms with Gasteiger partial charge in [-0.05, 0) is 0 Å². The molecule has 15 heavy (non-hydrogen) atoms. The van der Waals surface area contributed by atoms with Crippen molar-refractivity contribution in [3.05, 3.63) is 0 Å². The van der Waals surface area contributed by atoms with Crippen molar-refractivity contribution in [3.8, 4) is 0 Å². The summed E-state index contributed by atoms with van der Waals surface area (Å²) in [6, 6.07) is -1.80. The molecule has 6 N–H and O–H groups in total. The molecule has 0 radical (unpaired) electrons. The summed E-state index contributed by atoms with van der Waals surface area (Å²) in [7, 11) is 0. The van der Waals surface area contributed by atoms with Crippen LogP contribution in [0.2, 0.25) is 10.6 Å². The van der Waals surface area contributed by atoms with E-state index in [1.807, 2.05) is 0 Å². The molecule has 2 atom stereocenters. The molecule has 0 fully saturated rings. The summed E-state index contributed by atoms with van der Waals surface area (Å²) in [5.41, 5.74) is 10.4. The second-order valence-corrected chi connectivity index (χ2v) is 4.68. The predicted molar refractivity (Wildman–Crippen MR) is 61.1 cm³/mol. The first-order chi connectivity index (χ1) is 5.95. The van der Waals surface area contributed by atoms with E-state index in [2.05, 4.69) is 0 Å². The molecule has 0 aromatic rings. The van der Waals surface area contributed by atoms with Gasteiger partial charge in [0.05, 0.1) is 0 Å². The number of nitrogens with two attached hydrogens (primary N) is 2. The van der Waals surface area contributed by atoms with Gasteiger partial charge in [0.25, 0.3) is 0 Å². The molecule has 0 spiro atoms. The van der Waals surface area contributed by atoms with Gasteiger partial charge in [-0.25, -0.2) is 0 Å². The molecule has 0 saturated heterocycles. The fraction of sp³-hybridized carbons (Fsp3) is 0.667. The zero-order chi connectivity index (χ0) is 10.4. The molecular formula is C6H14Cl2N2O4Se. The van der Waals surface area contributed by atoms with Crippen LogP contribution in [0.15, 0.2) is 0 Å². The van der Waals surface area contributed by atoms with Crippen molar-refractivity contribution in [1.82, 2.24) is 0 Å². The first-order valence-electron chi connectivity index (χ1n) is 3.49. The van der Waals surface area contributed by atoms with Crippen molar-refractivity contribution in [2.24, 2.45) is 11.5 Å². The van der Waals surface area contributed by atoms with Crippen molar-refractivity contribution in [1.29, 1.82) is 0 Å². The van der Waals surface area contributed by atoms with Gasteiger partial charge in [0, 0.05) is 0 Å². The van der Waals surface area contributed by atoms with Gasteiger partial charge in [-0.2, -0.15) is 0 Å². The van der Waals surface area contributed by atoms with Gasteiger partial charge in [0.1, 0.15) is 0 Å². The van der Waals surface area contributed by atoms with Crippen molar-refractivity contribution in [3.63, 3.8) is 0 Å². The summed E-state index contributed by atoms with van der Waals surface area (Å²) in [5.74, 6) is -2.13. The zero-order valence-corrected chi connectivity index (χ0v) is 11.0. The van der Waals surface area contributed by atoms with E-state index in [1.165, 1.54) is 0 Å². The molecule has 0 bridgehead atoms. The van der Waals surface area contributed by atoms with Crippen molar-refractivity contribution >= 4 is 51.7 Å². The topological polar surface area (TPSA) is 127 Å². The van der Waals surface area contributed by atoms with Gasteiger partial charge < -0.3 is 0 Å². The minimum atomic E-state index is -1.06. The molecule has 6 nitrogen and oxygen atoms in total. The third-order valence-electron chi connectivity index (χ3n) is 1.23. The third-order valence-corrected chi connectivity index (χ3v) is 3.73. The number of rotatable bonds is 6. The average molecular weight is 328 g/mol. The summed E-state index contributed by atoms with van der Waals surface area (Å²) in [4.78, 5) is 20.5. The second kappa shape index (κ2) is 10.5. The number of hydrogen-bond acceptors (Lipinski definition) is 4. The summed E-state index contributed by atoms with van der Waals surface area (Å²) >= 11 is -0.129. The van der Waals surface area contributed by atoms with Crippen molar-refractivity contribution < 1.29 is 19.8 Å². The number of aliphatic carboxylic acids is 2. The SMILES string of the molecule is Cl.Cl.N[C@@H](C[Se]C[C@H](N)C(=O)O)C(=O)O. The van der Waals surface area contributed by atoms with Crippen LogP contribution in [0, 0.1) is 0 Å². The van der Waals surface area contributed by atoms with E-state index in [1.54, 1.807) is 0 Å². The standard InChI is InChI=1S/C6H12N2O4Se.2ClH/c7-3(5(9)10)1-13-2-4(8)6(11)12;;/h3-4H,1-2,7-8H2,(H,9,10)(H,11,12);2*1H/t3-,4-;;/m0../s1.